The van der Waals surface area contributed by atoms with Crippen molar-refractivity contribution < 1.29 is 4.92 Å². The van der Waals surface area contributed by atoms with E-state index in [4.69, 9.17) is 0 Å². The average Bonchev–Trinajstić information content (AvgIpc) is 2.90. The van der Waals surface area contributed by atoms with Crippen molar-refractivity contribution in [1.82, 2.24) is 9.78 Å². The molecule has 0 spiro atoms. The lowest BCUT2D eigenvalue weighted by molar-refractivity contribution is -0.384. The zero-order chi connectivity index (χ0) is 14.0. The maximum atomic E-state index is 11.2. The number of thiophene rings is 1. The molecular formula is C12H16N4O2S. The molecule has 19 heavy (non-hydrogen) atoms. The molecule has 102 valence electrons. The third-order valence-corrected chi connectivity index (χ3v) is 4.02. The molecule has 0 atom stereocenters. The van der Waals surface area contributed by atoms with Crippen molar-refractivity contribution in [3.8, 4) is 0 Å². The zero-order valence-electron chi connectivity index (χ0n) is 11.1. The van der Waals surface area contributed by atoms with Gasteiger partial charge in [-0.1, -0.05) is 6.92 Å². The number of aromatic nitrogens is 2. The topological polar surface area (TPSA) is 73.0 Å². The first-order valence-corrected chi connectivity index (χ1v) is 6.89. The molecule has 0 fully saturated rings. The second-order valence-electron chi connectivity index (χ2n) is 4.26. The number of nitrogens with one attached hydrogen (secondary N) is 1. The van der Waals surface area contributed by atoms with E-state index in [-0.39, 0.29) is 10.6 Å². The van der Waals surface area contributed by atoms with Gasteiger partial charge in [-0.3, -0.25) is 10.1 Å². The number of nitrogens with zero attached hydrogens (tertiary/aromatic N) is 3. The first kappa shape index (κ1) is 13.5. The molecule has 6 nitrogen and oxygen atoms in total. The van der Waals surface area contributed by atoms with E-state index in [9.17, 15) is 10.1 Å². The van der Waals surface area contributed by atoms with Gasteiger partial charge in [-0.25, -0.2) is 4.68 Å². The SMILES string of the molecule is CCc1nn(C)c(NCc2sccc2C)c1[N+](=O)[O-]. The van der Waals surface area contributed by atoms with Gasteiger partial charge in [0.15, 0.2) is 0 Å². The van der Waals surface area contributed by atoms with Crippen LogP contribution >= 0.6 is 11.3 Å². The molecule has 2 heterocycles. The van der Waals surface area contributed by atoms with Crippen molar-refractivity contribution in [1.29, 1.82) is 0 Å². The molecule has 2 aromatic heterocycles. The number of rotatable bonds is 5. The highest BCUT2D eigenvalue weighted by Gasteiger charge is 2.25. The van der Waals surface area contributed by atoms with Gasteiger partial charge in [0, 0.05) is 11.9 Å². The Labute approximate surface area is 115 Å². The lowest BCUT2D eigenvalue weighted by Crippen LogP contribution is -2.06. The Balaban J connectivity index is 2.27. The van der Waals surface area contributed by atoms with Crippen molar-refractivity contribution in [2.75, 3.05) is 5.32 Å². The van der Waals surface area contributed by atoms with Crippen LogP contribution in [0.4, 0.5) is 11.5 Å². The summed E-state index contributed by atoms with van der Waals surface area (Å²) < 4.78 is 1.54. The normalized spacial score (nSPS) is 10.7. The van der Waals surface area contributed by atoms with Crippen LogP contribution in [0.15, 0.2) is 11.4 Å². The molecule has 0 radical (unpaired) electrons. The van der Waals surface area contributed by atoms with E-state index < -0.39 is 0 Å². The predicted octanol–water partition coefficient (Wildman–Crippen LogP) is 2.87. The second kappa shape index (κ2) is 5.40. The van der Waals surface area contributed by atoms with Crippen molar-refractivity contribution in [2.45, 2.75) is 26.8 Å². The Bertz CT molecular complexity index is 603. The molecule has 0 unspecified atom stereocenters. The number of aryl methyl sites for hydroxylation is 3. The molecule has 0 aromatic carbocycles. The fraction of sp³-hybridized carbons (Fsp3) is 0.417. The Morgan fingerprint density at radius 2 is 2.32 bits per heavy atom. The van der Waals surface area contributed by atoms with E-state index in [1.54, 1.807) is 23.1 Å². The van der Waals surface area contributed by atoms with Gasteiger partial charge in [-0.2, -0.15) is 5.10 Å². The lowest BCUT2D eigenvalue weighted by atomic mass is 10.2. The summed E-state index contributed by atoms with van der Waals surface area (Å²) in [6.07, 6.45) is 0.545. The molecule has 0 saturated heterocycles. The van der Waals surface area contributed by atoms with Crippen molar-refractivity contribution in [3.63, 3.8) is 0 Å². The average molecular weight is 280 g/mol. The van der Waals surface area contributed by atoms with Crippen LogP contribution in [-0.4, -0.2) is 14.7 Å². The summed E-state index contributed by atoms with van der Waals surface area (Å²) in [6, 6.07) is 2.04. The van der Waals surface area contributed by atoms with Crippen LogP contribution in [-0.2, 0) is 20.0 Å². The van der Waals surface area contributed by atoms with Gasteiger partial charge in [0.25, 0.3) is 0 Å². The largest absolute Gasteiger partial charge is 0.360 e. The number of hydrogen-bond acceptors (Lipinski definition) is 5. The summed E-state index contributed by atoms with van der Waals surface area (Å²) in [7, 11) is 1.72. The maximum Gasteiger partial charge on any atom is 0.333 e. The van der Waals surface area contributed by atoms with Crippen molar-refractivity contribution >= 4 is 22.8 Å². The van der Waals surface area contributed by atoms with E-state index in [2.05, 4.69) is 10.4 Å². The minimum atomic E-state index is -0.366. The van der Waals surface area contributed by atoms with Gasteiger partial charge in [-0.15, -0.1) is 11.3 Å². The Morgan fingerprint density at radius 1 is 1.58 bits per heavy atom. The second-order valence-corrected chi connectivity index (χ2v) is 5.26. The molecule has 1 N–H and O–H groups in total. The molecule has 2 aromatic rings. The van der Waals surface area contributed by atoms with E-state index in [0.717, 1.165) is 0 Å². The Hall–Kier alpha value is -1.89. The fourth-order valence-corrected chi connectivity index (χ4v) is 2.79. The maximum absolute atomic E-state index is 11.2. The van der Waals surface area contributed by atoms with Gasteiger partial charge in [-0.05, 0) is 30.4 Å². The minimum absolute atomic E-state index is 0.0826. The molecule has 0 aliphatic heterocycles. The highest BCUT2D eigenvalue weighted by atomic mass is 32.1. The predicted molar refractivity (Wildman–Crippen MR) is 75.6 cm³/mol. The highest BCUT2D eigenvalue weighted by Crippen LogP contribution is 2.29. The van der Waals surface area contributed by atoms with Crippen LogP contribution in [0.5, 0.6) is 0 Å². The van der Waals surface area contributed by atoms with Crippen LogP contribution in [0.2, 0.25) is 0 Å². The van der Waals surface area contributed by atoms with Gasteiger partial charge in [0.05, 0.1) is 11.5 Å². The molecule has 0 aliphatic rings. The lowest BCUT2D eigenvalue weighted by Gasteiger charge is -2.05. The molecule has 0 saturated carbocycles. The van der Waals surface area contributed by atoms with Crippen LogP contribution in [0.3, 0.4) is 0 Å². The molecular weight excluding hydrogens is 264 g/mol. The number of anilines is 1. The molecule has 7 heteroatoms. The Morgan fingerprint density at radius 3 is 2.84 bits per heavy atom. The summed E-state index contributed by atoms with van der Waals surface area (Å²) in [6.45, 7) is 4.47. The minimum Gasteiger partial charge on any atom is -0.360 e. The Kier molecular flexibility index (Phi) is 3.84. The summed E-state index contributed by atoms with van der Waals surface area (Å²) in [5.41, 5.74) is 1.79. The summed E-state index contributed by atoms with van der Waals surface area (Å²) in [5, 5.41) is 20.5. The van der Waals surface area contributed by atoms with E-state index in [0.29, 0.717) is 24.5 Å². The molecule has 0 bridgehead atoms. The summed E-state index contributed by atoms with van der Waals surface area (Å²) in [5.74, 6) is 0.467. The first-order chi connectivity index (χ1) is 9.04. The standard InChI is InChI=1S/C12H16N4O2S/c1-4-9-11(16(17)18)12(15(3)14-9)13-7-10-8(2)5-6-19-10/h5-6,13H,4,7H2,1-3H3. The van der Waals surface area contributed by atoms with E-state index in [1.807, 2.05) is 25.3 Å². The van der Waals surface area contributed by atoms with Gasteiger partial charge in [0.2, 0.25) is 5.82 Å². The fourth-order valence-electron chi connectivity index (χ4n) is 1.95. The quantitative estimate of drug-likeness (QED) is 0.675. The summed E-state index contributed by atoms with van der Waals surface area (Å²) in [4.78, 5) is 12.0. The zero-order valence-corrected chi connectivity index (χ0v) is 12.0. The van der Waals surface area contributed by atoms with Crippen molar-refractivity contribution in [2.24, 2.45) is 7.05 Å². The number of nitro groups is 1. The third kappa shape index (κ3) is 2.60. The first-order valence-electron chi connectivity index (χ1n) is 6.01. The number of hydrogen-bond donors (Lipinski definition) is 1. The van der Waals surface area contributed by atoms with E-state index in [1.165, 1.54) is 10.4 Å². The van der Waals surface area contributed by atoms with Crippen LogP contribution in [0.25, 0.3) is 0 Å². The molecule has 0 aliphatic carbocycles. The van der Waals surface area contributed by atoms with Crippen molar-refractivity contribution in [3.05, 3.63) is 37.7 Å². The third-order valence-electron chi connectivity index (χ3n) is 2.99. The smallest absolute Gasteiger partial charge is 0.333 e. The molecule has 0 amide bonds. The highest BCUT2D eigenvalue weighted by molar-refractivity contribution is 7.10. The van der Waals surface area contributed by atoms with Crippen LogP contribution in [0.1, 0.15) is 23.1 Å². The van der Waals surface area contributed by atoms with Gasteiger partial charge < -0.3 is 5.32 Å². The van der Waals surface area contributed by atoms with Crippen LogP contribution < -0.4 is 5.32 Å². The van der Waals surface area contributed by atoms with Gasteiger partial charge >= 0.3 is 5.69 Å². The molecule has 2 rings (SSSR count). The monoisotopic (exact) mass is 280 g/mol. The summed E-state index contributed by atoms with van der Waals surface area (Å²) >= 11 is 1.64. The van der Waals surface area contributed by atoms with Crippen LogP contribution in [0, 0.1) is 17.0 Å². The van der Waals surface area contributed by atoms with E-state index >= 15 is 0 Å². The van der Waals surface area contributed by atoms with Gasteiger partial charge in [0.1, 0.15) is 5.69 Å².